The van der Waals surface area contributed by atoms with Crippen LogP contribution in [-0.4, -0.2) is 29.3 Å². The second kappa shape index (κ2) is 5.53. The Morgan fingerprint density at radius 2 is 2.11 bits per heavy atom. The van der Waals surface area contributed by atoms with Crippen LogP contribution in [0.4, 0.5) is 5.69 Å². The van der Waals surface area contributed by atoms with E-state index in [1.807, 2.05) is 6.07 Å². The fourth-order valence-electron chi connectivity index (χ4n) is 1.92. The summed E-state index contributed by atoms with van der Waals surface area (Å²) >= 11 is 0. The first kappa shape index (κ1) is 13.1. The predicted octanol–water partition coefficient (Wildman–Crippen LogP) is 1.51. The molecule has 19 heavy (non-hydrogen) atoms. The van der Waals surface area contributed by atoms with Crippen molar-refractivity contribution in [2.75, 3.05) is 11.9 Å². The summed E-state index contributed by atoms with van der Waals surface area (Å²) in [7, 11) is 0. The van der Waals surface area contributed by atoms with Crippen molar-refractivity contribution >= 4 is 17.5 Å². The second-order valence-corrected chi connectivity index (χ2v) is 4.58. The zero-order valence-corrected chi connectivity index (χ0v) is 10.7. The highest BCUT2D eigenvalue weighted by atomic mass is 16.2. The predicted molar refractivity (Wildman–Crippen MR) is 70.2 cm³/mol. The van der Waals surface area contributed by atoms with Crippen LogP contribution in [0.1, 0.15) is 25.3 Å². The lowest BCUT2D eigenvalue weighted by molar-refractivity contribution is -0.133. The third-order valence-electron chi connectivity index (χ3n) is 3.03. The first-order valence-corrected chi connectivity index (χ1v) is 6.18. The summed E-state index contributed by atoms with van der Waals surface area (Å²) in [6.45, 7) is 1.51. The van der Waals surface area contributed by atoms with Gasteiger partial charge in [-0.25, -0.2) is 0 Å². The van der Waals surface area contributed by atoms with E-state index in [2.05, 4.69) is 5.32 Å². The number of hydrogen-bond donors (Lipinski definition) is 1. The summed E-state index contributed by atoms with van der Waals surface area (Å²) in [5.41, 5.74) is 0.894. The summed E-state index contributed by atoms with van der Waals surface area (Å²) in [5, 5.41) is 11.6. The average molecular weight is 257 g/mol. The van der Waals surface area contributed by atoms with E-state index in [4.69, 9.17) is 5.26 Å². The molecular formula is C14H15N3O2. The number of nitrogens with one attached hydrogen (secondary N) is 1. The number of para-hydroxylation sites is 1. The van der Waals surface area contributed by atoms with E-state index >= 15 is 0 Å². The molecule has 2 rings (SSSR count). The Balaban J connectivity index is 2.01. The van der Waals surface area contributed by atoms with Gasteiger partial charge in [0, 0.05) is 13.0 Å². The molecule has 0 bridgehead atoms. The minimum absolute atomic E-state index is 0.0414. The first-order chi connectivity index (χ1) is 9.11. The van der Waals surface area contributed by atoms with Crippen LogP contribution in [0, 0.1) is 11.3 Å². The average Bonchev–Trinajstić information content (AvgIpc) is 3.20. The third kappa shape index (κ3) is 3.32. The standard InChI is InChI=1S/C14H15N3O2/c1-10(18)17(12-6-7-12)9-14(19)16-13-5-3-2-4-11(13)8-15/h2-5,12H,6-7,9H2,1H3,(H,16,19). The Morgan fingerprint density at radius 1 is 1.42 bits per heavy atom. The topological polar surface area (TPSA) is 73.2 Å². The minimum Gasteiger partial charge on any atom is -0.331 e. The number of anilines is 1. The molecule has 1 aromatic carbocycles. The van der Waals surface area contributed by atoms with Gasteiger partial charge in [0.2, 0.25) is 11.8 Å². The van der Waals surface area contributed by atoms with Crippen molar-refractivity contribution in [1.82, 2.24) is 4.90 Å². The molecule has 0 atom stereocenters. The SMILES string of the molecule is CC(=O)N(CC(=O)Nc1ccccc1C#N)C1CC1. The molecule has 5 nitrogen and oxygen atoms in total. The number of carbonyl (C=O) groups is 2. The zero-order valence-electron chi connectivity index (χ0n) is 10.7. The highest BCUT2D eigenvalue weighted by Gasteiger charge is 2.32. The Hall–Kier alpha value is -2.35. The van der Waals surface area contributed by atoms with Crippen LogP contribution in [0.3, 0.4) is 0 Å². The highest BCUT2D eigenvalue weighted by Crippen LogP contribution is 2.26. The van der Waals surface area contributed by atoms with Gasteiger partial charge in [-0.05, 0) is 25.0 Å². The molecule has 2 amide bonds. The maximum absolute atomic E-state index is 11.9. The Labute approximate surface area is 111 Å². The van der Waals surface area contributed by atoms with Crippen molar-refractivity contribution in [2.45, 2.75) is 25.8 Å². The zero-order chi connectivity index (χ0) is 13.8. The first-order valence-electron chi connectivity index (χ1n) is 6.18. The van der Waals surface area contributed by atoms with Gasteiger partial charge in [-0.1, -0.05) is 12.1 Å². The van der Waals surface area contributed by atoms with E-state index in [1.54, 1.807) is 29.2 Å². The van der Waals surface area contributed by atoms with Crippen LogP contribution in [-0.2, 0) is 9.59 Å². The Morgan fingerprint density at radius 3 is 2.68 bits per heavy atom. The van der Waals surface area contributed by atoms with Crippen molar-refractivity contribution in [3.63, 3.8) is 0 Å². The molecule has 0 aromatic heterocycles. The van der Waals surface area contributed by atoms with E-state index in [9.17, 15) is 9.59 Å². The van der Waals surface area contributed by atoms with E-state index in [0.29, 0.717) is 11.3 Å². The van der Waals surface area contributed by atoms with Gasteiger partial charge in [-0.15, -0.1) is 0 Å². The monoisotopic (exact) mass is 257 g/mol. The number of nitrogens with zero attached hydrogens (tertiary/aromatic N) is 2. The van der Waals surface area contributed by atoms with Crippen LogP contribution < -0.4 is 5.32 Å². The molecule has 98 valence electrons. The molecule has 0 saturated heterocycles. The summed E-state index contributed by atoms with van der Waals surface area (Å²) < 4.78 is 0. The van der Waals surface area contributed by atoms with Gasteiger partial charge in [0.05, 0.1) is 11.3 Å². The number of nitriles is 1. The van der Waals surface area contributed by atoms with Crippen LogP contribution in [0.25, 0.3) is 0 Å². The van der Waals surface area contributed by atoms with Gasteiger partial charge < -0.3 is 10.2 Å². The minimum atomic E-state index is -0.273. The Bertz CT molecular complexity index is 544. The van der Waals surface area contributed by atoms with Crippen LogP contribution in [0.2, 0.25) is 0 Å². The summed E-state index contributed by atoms with van der Waals surface area (Å²) in [4.78, 5) is 24.9. The van der Waals surface area contributed by atoms with E-state index < -0.39 is 0 Å². The lowest BCUT2D eigenvalue weighted by Gasteiger charge is -2.20. The van der Waals surface area contributed by atoms with E-state index in [-0.39, 0.29) is 24.4 Å². The van der Waals surface area contributed by atoms with Gasteiger partial charge in [0.1, 0.15) is 12.6 Å². The normalized spacial score (nSPS) is 13.5. The molecule has 1 aliphatic carbocycles. The molecule has 1 N–H and O–H groups in total. The molecule has 5 heteroatoms. The summed E-state index contributed by atoms with van der Waals surface area (Å²) in [6, 6.07) is 9.02. The fraction of sp³-hybridized carbons (Fsp3) is 0.357. The molecule has 1 saturated carbocycles. The van der Waals surface area contributed by atoms with Crippen LogP contribution in [0.15, 0.2) is 24.3 Å². The highest BCUT2D eigenvalue weighted by molar-refractivity contribution is 5.95. The number of amides is 2. The number of rotatable bonds is 4. The second-order valence-electron chi connectivity index (χ2n) is 4.58. The van der Waals surface area contributed by atoms with E-state index in [1.165, 1.54) is 6.92 Å². The molecule has 1 aromatic rings. The Kier molecular flexibility index (Phi) is 3.81. The maximum Gasteiger partial charge on any atom is 0.244 e. The molecule has 1 aliphatic rings. The van der Waals surface area contributed by atoms with Crippen molar-refractivity contribution in [2.24, 2.45) is 0 Å². The van der Waals surface area contributed by atoms with Crippen molar-refractivity contribution in [1.29, 1.82) is 5.26 Å². The maximum atomic E-state index is 11.9. The van der Waals surface area contributed by atoms with Crippen molar-refractivity contribution < 1.29 is 9.59 Å². The van der Waals surface area contributed by atoms with Gasteiger partial charge >= 0.3 is 0 Å². The number of benzene rings is 1. The molecular weight excluding hydrogens is 242 g/mol. The van der Waals surface area contributed by atoms with Crippen LogP contribution in [0.5, 0.6) is 0 Å². The smallest absolute Gasteiger partial charge is 0.244 e. The van der Waals surface area contributed by atoms with Gasteiger partial charge in [0.15, 0.2) is 0 Å². The fourth-order valence-corrected chi connectivity index (χ4v) is 1.92. The van der Waals surface area contributed by atoms with Gasteiger partial charge in [0.25, 0.3) is 0 Å². The van der Waals surface area contributed by atoms with Crippen molar-refractivity contribution in [3.05, 3.63) is 29.8 Å². The van der Waals surface area contributed by atoms with Crippen LogP contribution >= 0.6 is 0 Å². The number of carbonyl (C=O) groups excluding carboxylic acids is 2. The van der Waals surface area contributed by atoms with Gasteiger partial charge in [-0.2, -0.15) is 5.26 Å². The summed E-state index contributed by atoms with van der Waals surface area (Å²) in [5.74, 6) is -0.365. The van der Waals surface area contributed by atoms with E-state index in [0.717, 1.165) is 12.8 Å². The lowest BCUT2D eigenvalue weighted by atomic mass is 10.2. The lowest BCUT2D eigenvalue weighted by Crippen LogP contribution is -2.38. The largest absolute Gasteiger partial charge is 0.331 e. The third-order valence-corrected chi connectivity index (χ3v) is 3.03. The number of hydrogen-bond acceptors (Lipinski definition) is 3. The molecule has 0 spiro atoms. The quantitative estimate of drug-likeness (QED) is 0.888. The summed E-state index contributed by atoms with van der Waals surface area (Å²) in [6.07, 6.45) is 1.92. The molecule has 0 unspecified atom stereocenters. The molecule has 0 radical (unpaired) electrons. The molecule has 0 aliphatic heterocycles. The van der Waals surface area contributed by atoms with Gasteiger partial charge in [-0.3, -0.25) is 9.59 Å². The molecule has 0 heterocycles. The molecule has 1 fully saturated rings. The van der Waals surface area contributed by atoms with Crippen molar-refractivity contribution in [3.8, 4) is 6.07 Å².